The second kappa shape index (κ2) is 8.61. The molecule has 1 aromatic carbocycles. The number of hydrogen-bond acceptors (Lipinski definition) is 5. The quantitative estimate of drug-likeness (QED) is 0.725. The topological polar surface area (TPSA) is 84.9 Å². The number of rotatable bonds is 8. The van der Waals surface area contributed by atoms with E-state index in [4.69, 9.17) is 9.84 Å². The summed E-state index contributed by atoms with van der Waals surface area (Å²) in [5.41, 5.74) is 0.741. The summed E-state index contributed by atoms with van der Waals surface area (Å²) < 4.78 is 34.3. The van der Waals surface area contributed by atoms with E-state index in [1.54, 1.807) is 38.1 Å². The fourth-order valence-corrected chi connectivity index (χ4v) is 3.02. The summed E-state index contributed by atoms with van der Waals surface area (Å²) >= 11 is 1.07. The van der Waals surface area contributed by atoms with E-state index in [1.165, 1.54) is 6.07 Å². The number of carbonyl (C=O) groups excluding carboxylic acids is 1. The molecule has 0 radical (unpaired) electrons. The number of halogens is 2. The number of ether oxygens (including phenoxy) is 2. The van der Waals surface area contributed by atoms with Crippen molar-refractivity contribution in [1.82, 2.24) is 5.32 Å². The zero-order valence-electron chi connectivity index (χ0n) is 14.0. The Labute approximate surface area is 152 Å². The minimum absolute atomic E-state index is 0.0797. The molecule has 1 aromatic heterocycles. The Balaban J connectivity index is 2.04. The number of thiophene rings is 1. The molecule has 9 heteroatoms. The first-order chi connectivity index (χ1) is 12.3. The van der Waals surface area contributed by atoms with Crippen molar-refractivity contribution in [1.29, 1.82) is 0 Å². The molecule has 2 aromatic rings. The molecule has 26 heavy (non-hydrogen) atoms. The van der Waals surface area contributed by atoms with Gasteiger partial charge in [-0.2, -0.15) is 8.78 Å². The van der Waals surface area contributed by atoms with Crippen LogP contribution in [0.2, 0.25) is 0 Å². The van der Waals surface area contributed by atoms with Gasteiger partial charge in [0.05, 0.1) is 6.04 Å². The standard InChI is InChI=1S/C17H17F2NO5S/c1-9-7-13(25-17(18)19)15(26-9)16(23)20-10(2)11-3-5-12(6-4-11)24-8-14(21)22/h3-7,10,17H,8H2,1-2H3,(H,20,23)(H,21,22). The third-order valence-corrected chi connectivity index (χ3v) is 4.36. The normalized spacial score (nSPS) is 11.9. The lowest BCUT2D eigenvalue weighted by Crippen LogP contribution is -2.26. The average Bonchev–Trinajstić information content (AvgIpc) is 2.93. The minimum Gasteiger partial charge on any atom is -0.482 e. The molecule has 0 spiro atoms. The lowest BCUT2D eigenvalue weighted by atomic mass is 10.1. The average molecular weight is 385 g/mol. The number of amides is 1. The first-order valence-electron chi connectivity index (χ1n) is 7.57. The minimum atomic E-state index is -3.01. The molecule has 0 bridgehead atoms. The number of carboxylic acids is 1. The van der Waals surface area contributed by atoms with Crippen LogP contribution in [0.3, 0.4) is 0 Å². The summed E-state index contributed by atoms with van der Waals surface area (Å²) in [6.45, 7) is -0.0274. The molecule has 1 unspecified atom stereocenters. The van der Waals surface area contributed by atoms with Gasteiger partial charge in [0.1, 0.15) is 16.4 Å². The van der Waals surface area contributed by atoms with Crippen LogP contribution in [0.25, 0.3) is 0 Å². The molecule has 0 aliphatic heterocycles. The van der Waals surface area contributed by atoms with Crippen LogP contribution in [-0.4, -0.2) is 30.2 Å². The van der Waals surface area contributed by atoms with E-state index in [1.807, 2.05) is 0 Å². The highest BCUT2D eigenvalue weighted by Gasteiger charge is 2.21. The SMILES string of the molecule is Cc1cc(OC(F)F)c(C(=O)NC(C)c2ccc(OCC(=O)O)cc2)s1. The van der Waals surface area contributed by atoms with Crippen LogP contribution in [0.15, 0.2) is 30.3 Å². The molecule has 140 valence electrons. The molecule has 0 saturated heterocycles. The molecule has 0 aliphatic carbocycles. The third kappa shape index (κ3) is 5.41. The van der Waals surface area contributed by atoms with Gasteiger partial charge in [0.25, 0.3) is 5.91 Å². The van der Waals surface area contributed by atoms with Crippen LogP contribution in [0.1, 0.15) is 33.1 Å². The van der Waals surface area contributed by atoms with Gasteiger partial charge in [-0.3, -0.25) is 4.79 Å². The van der Waals surface area contributed by atoms with Gasteiger partial charge in [-0.15, -0.1) is 11.3 Å². The summed E-state index contributed by atoms with van der Waals surface area (Å²) in [6, 6.07) is 7.52. The van der Waals surface area contributed by atoms with Gasteiger partial charge >= 0.3 is 12.6 Å². The Morgan fingerprint density at radius 1 is 1.27 bits per heavy atom. The largest absolute Gasteiger partial charge is 0.482 e. The Bertz CT molecular complexity index is 776. The number of aliphatic carboxylic acids is 1. The van der Waals surface area contributed by atoms with Crippen LogP contribution < -0.4 is 14.8 Å². The van der Waals surface area contributed by atoms with E-state index in [0.29, 0.717) is 10.6 Å². The molecule has 2 rings (SSSR count). The van der Waals surface area contributed by atoms with Crippen molar-refractivity contribution in [3.63, 3.8) is 0 Å². The molecule has 6 nitrogen and oxygen atoms in total. The number of hydrogen-bond donors (Lipinski definition) is 2. The van der Waals surface area contributed by atoms with Gasteiger partial charge in [0, 0.05) is 4.88 Å². The molecule has 0 fully saturated rings. The van der Waals surface area contributed by atoms with Gasteiger partial charge in [-0.05, 0) is 37.6 Å². The second-order valence-electron chi connectivity index (χ2n) is 5.38. The van der Waals surface area contributed by atoms with E-state index in [-0.39, 0.29) is 10.6 Å². The fourth-order valence-electron chi connectivity index (χ4n) is 2.18. The molecule has 1 atom stereocenters. The van der Waals surface area contributed by atoms with Crippen molar-refractivity contribution < 1.29 is 33.0 Å². The van der Waals surface area contributed by atoms with Crippen molar-refractivity contribution in [3.8, 4) is 11.5 Å². The van der Waals surface area contributed by atoms with Crippen LogP contribution in [-0.2, 0) is 4.79 Å². The Morgan fingerprint density at radius 2 is 1.92 bits per heavy atom. The van der Waals surface area contributed by atoms with Gasteiger partial charge < -0.3 is 19.9 Å². The summed E-state index contributed by atoms with van der Waals surface area (Å²) in [7, 11) is 0. The van der Waals surface area contributed by atoms with E-state index < -0.39 is 31.1 Å². The highest BCUT2D eigenvalue weighted by atomic mass is 32.1. The monoisotopic (exact) mass is 385 g/mol. The predicted octanol–water partition coefficient (Wildman–Crippen LogP) is 3.61. The first kappa shape index (κ1) is 19.6. The van der Waals surface area contributed by atoms with Crippen molar-refractivity contribution in [2.24, 2.45) is 0 Å². The van der Waals surface area contributed by atoms with E-state index in [2.05, 4.69) is 10.1 Å². The molecule has 0 aliphatic rings. The van der Waals surface area contributed by atoms with Gasteiger partial charge in [-0.25, -0.2) is 4.79 Å². The van der Waals surface area contributed by atoms with E-state index in [0.717, 1.165) is 16.9 Å². The summed E-state index contributed by atoms with van der Waals surface area (Å²) in [5, 5.41) is 11.3. The number of alkyl halides is 2. The van der Waals surface area contributed by atoms with Crippen molar-refractivity contribution in [3.05, 3.63) is 45.6 Å². The zero-order chi connectivity index (χ0) is 19.3. The van der Waals surface area contributed by atoms with Gasteiger partial charge in [-0.1, -0.05) is 12.1 Å². The third-order valence-electron chi connectivity index (χ3n) is 3.33. The Hall–Kier alpha value is -2.68. The first-order valence-corrected chi connectivity index (χ1v) is 8.38. The van der Waals surface area contributed by atoms with Gasteiger partial charge in [0.2, 0.25) is 0 Å². The predicted molar refractivity (Wildman–Crippen MR) is 91.1 cm³/mol. The maximum absolute atomic E-state index is 12.5. The number of benzene rings is 1. The summed E-state index contributed by atoms with van der Waals surface area (Å²) in [4.78, 5) is 23.6. The van der Waals surface area contributed by atoms with Crippen LogP contribution in [0, 0.1) is 6.92 Å². The number of nitrogens with one attached hydrogen (secondary N) is 1. The van der Waals surface area contributed by atoms with Crippen molar-refractivity contribution in [2.45, 2.75) is 26.5 Å². The van der Waals surface area contributed by atoms with E-state index >= 15 is 0 Å². The maximum Gasteiger partial charge on any atom is 0.387 e. The van der Waals surface area contributed by atoms with Crippen LogP contribution in [0.5, 0.6) is 11.5 Å². The molecular weight excluding hydrogens is 368 g/mol. The summed E-state index contributed by atoms with van der Waals surface area (Å²) in [6.07, 6.45) is 0. The Morgan fingerprint density at radius 3 is 2.50 bits per heavy atom. The molecule has 0 saturated carbocycles. The van der Waals surface area contributed by atoms with Crippen LogP contribution >= 0.6 is 11.3 Å². The Kier molecular flexibility index (Phi) is 6.51. The molecular formula is C17H17F2NO5S. The fraction of sp³-hybridized carbons (Fsp3) is 0.294. The van der Waals surface area contributed by atoms with Crippen molar-refractivity contribution in [2.75, 3.05) is 6.61 Å². The highest BCUT2D eigenvalue weighted by molar-refractivity contribution is 7.14. The van der Waals surface area contributed by atoms with E-state index in [9.17, 15) is 18.4 Å². The van der Waals surface area contributed by atoms with Crippen molar-refractivity contribution >= 4 is 23.2 Å². The van der Waals surface area contributed by atoms with Gasteiger partial charge in [0.15, 0.2) is 6.61 Å². The maximum atomic E-state index is 12.5. The van der Waals surface area contributed by atoms with Crippen LogP contribution in [0.4, 0.5) is 8.78 Å². The molecule has 2 N–H and O–H groups in total. The lowest BCUT2D eigenvalue weighted by Gasteiger charge is -2.15. The molecule has 1 amide bonds. The second-order valence-corrected chi connectivity index (χ2v) is 6.63. The number of aryl methyl sites for hydroxylation is 1. The number of carboxylic acid groups (broad SMARTS) is 1. The lowest BCUT2D eigenvalue weighted by molar-refractivity contribution is -0.139. The summed E-state index contributed by atoms with van der Waals surface area (Å²) in [5.74, 6) is -1.36. The zero-order valence-corrected chi connectivity index (χ0v) is 14.8. The number of carbonyl (C=O) groups is 2. The smallest absolute Gasteiger partial charge is 0.387 e. The molecule has 1 heterocycles. The highest BCUT2D eigenvalue weighted by Crippen LogP contribution is 2.30.